The van der Waals surface area contributed by atoms with Gasteiger partial charge in [0.2, 0.25) is 5.89 Å². The second-order valence-corrected chi connectivity index (χ2v) is 10.2. The molecular weight excluding hydrogens is 514 g/mol. The van der Waals surface area contributed by atoms with E-state index in [9.17, 15) is 0 Å². The van der Waals surface area contributed by atoms with Gasteiger partial charge in [-0.15, -0.1) is 6.42 Å². The summed E-state index contributed by atoms with van der Waals surface area (Å²) in [7, 11) is 5.68. The number of nitrogens with two attached hydrogens (primary N) is 1. The number of oxazole rings is 1. The van der Waals surface area contributed by atoms with Crippen LogP contribution in [0.15, 0.2) is 64.4 Å². The van der Waals surface area contributed by atoms with Crippen LogP contribution in [0.5, 0.6) is 5.75 Å². The Morgan fingerprint density at radius 1 is 1.34 bits per heavy atom. The highest BCUT2D eigenvalue weighted by atomic mass is 16.5. The number of rotatable bonds is 11. The number of terminal acetylenes is 1. The molecule has 0 bridgehead atoms. The molecule has 0 spiro atoms. The van der Waals surface area contributed by atoms with Crippen molar-refractivity contribution in [2.75, 3.05) is 50.7 Å². The lowest BCUT2D eigenvalue weighted by atomic mass is 10.0. The lowest BCUT2D eigenvalue weighted by Crippen LogP contribution is -2.21. The fourth-order valence-electron chi connectivity index (χ4n) is 5.35. The predicted molar refractivity (Wildman–Crippen MR) is 168 cm³/mol. The number of allylic oxidation sites excluding steroid dienone is 2. The third-order valence-corrected chi connectivity index (χ3v) is 7.17. The van der Waals surface area contributed by atoms with Gasteiger partial charge in [0.25, 0.3) is 0 Å². The first-order valence-corrected chi connectivity index (χ1v) is 13.8. The molecule has 1 atom stereocenters. The first-order valence-electron chi connectivity index (χ1n) is 13.8. The molecule has 0 amide bonds. The first-order chi connectivity index (χ1) is 19.9. The molecule has 0 radical (unpaired) electrons. The van der Waals surface area contributed by atoms with Gasteiger partial charge in [-0.1, -0.05) is 30.2 Å². The molecule has 9 nitrogen and oxygen atoms in total. The maximum atomic E-state index is 6.40. The van der Waals surface area contributed by atoms with Crippen molar-refractivity contribution in [2.45, 2.75) is 32.5 Å². The van der Waals surface area contributed by atoms with Gasteiger partial charge < -0.3 is 35.0 Å². The van der Waals surface area contributed by atoms with Crippen LogP contribution in [0.3, 0.4) is 0 Å². The minimum absolute atomic E-state index is 0.554. The highest BCUT2D eigenvalue weighted by molar-refractivity contribution is 6.21. The van der Waals surface area contributed by atoms with Gasteiger partial charge in [0.1, 0.15) is 17.7 Å². The van der Waals surface area contributed by atoms with Crippen molar-refractivity contribution < 1.29 is 9.15 Å². The van der Waals surface area contributed by atoms with Gasteiger partial charge in [-0.2, -0.15) is 0 Å². The number of benzene rings is 2. The number of methoxy groups -OCH3 is 1. The summed E-state index contributed by atoms with van der Waals surface area (Å²) in [6.07, 6.45) is 14.6. The van der Waals surface area contributed by atoms with E-state index in [1.165, 1.54) is 11.1 Å². The van der Waals surface area contributed by atoms with E-state index in [-0.39, 0.29) is 0 Å². The number of aliphatic imine (C=N–C) groups is 1. The van der Waals surface area contributed by atoms with Gasteiger partial charge in [-0.05, 0) is 51.6 Å². The van der Waals surface area contributed by atoms with E-state index in [1.807, 2.05) is 45.3 Å². The highest BCUT2D eigenvalue weighted by Crippen LogP contribution is 2.39. The lowest BCUT2D eigenvalue weighted by molar-refractivity contribution is 0.416. The van der Waals surface area contributed by atoms with Gasteiger partial charge >= 0.3 is 0 Å². The van der Waals surface area contributed by atoms with Gasteiger partial charge in [0.05, 0.1) is 41.6 Å². The minimum atomic E-state index is -0.703. The Morgan fingerprint density at radius 3 is 2.90 bits per heavy atom. The minimum Gasteiger partial charge on any atom is -0.495 e. The average Bonchev–Trinajstić information content (AvgIpc) is 3.61. The number of aryl methyl sites for hydroxylation is 2. The smallest absolute Gasteiger partial charge is 0.243 e. The number of nitrogens with zero attached hydrogens (tertiary/aromatic N) is 4. The molecule has 1 aliphatic rings. The Balaban J connectivity index is 1.57. The van der Waals surface area contributed by atoms with Gasteiger partial charge in [0.15, 0.2) is 6.17 Å². The molecule has 2 aromatic carbocycles. The fourth-order valence-corrected chi connectivity index (χ4v) is 5.35. The molecule has 0 aliphatic carbocycles. The molecule has 0 fully saturated rings. The van der Waals surface area contributed by atoms with Gasteiger partial charge in [-0.3, -0.25) is 0 Å². The predicted octanol–water partition coefficient (Wildman–Crippen LogP) is 5.24. The number of para-hydroxylation sites is 1. The SMILES string of the molecule is C#CC(/N=C(\C=C/C)c1c(-c2ncco2)n2c3c(cccc13)CCC2)Nc1cc(N)c(NCCN(C)C)cc1OC. The summed E-state index contributed by atoms with van der Waals surface area (Å²) < 4.78 is 13.8. The molecule has 4 aromatic rings. The zero-order valence-electron chi connectivity index (χ0n) is 24.1. The Labute approximate surface area is 241 Å². The Morgan fingerprint density at radius 2 is 2.20 bits per heavy atom. The van der Waals surface area contributed by atoms with Crippen molar-refractivity contribution in [1.29, 1.82) is 0 Å². The molecule has 1 aliphatic heterocycles. The van der Waals surface area contributed by atoms with Crippen molar-refractivity contribution in [1.82, 2.24) is 14.5 Å². The molecule has 0 saturated carbocycles. The summed E-state index contributed by atoms with van der Waals surface area (Å²) in [5.41, 5.74) is 13.5. The van der Waals surface area contributed by atoms with Crippen molar-refractivity contribution in [3.05, 3.63) is 66.1 Å². The van der Waals surface area contributed by atoms with E-state index in [0.717, 1.165) is 60.5 Å². The topological polar surface area (TPSA) is 106 Å². The maximum Gasteiger partial charge on any atom is 0.243 e. The summed E-state index contributed by atoms with van der Waals surface area (Å²) in [6, 6.07) is 10.1. The molecule has 5 rings (SSSR count). The lowest BCUT2D eigenvalue weighted by Gasteiger charge is -2.19. The largest absolute Gasteiger partial charge is 0.495 e. The van der Waals surface area contributed by atoms with E-state index >= 15 is 0 Å². The number of nitrogens with one attached hydrogen (secondary N) is 2. The second-order valence-electron chi connectivity index (χ2n) is 10.2. The highest BCUT2D eigenvalue weighted by Gasteiger charge is 2.27. The number of likely N-dealkylation sites (N-methyl/N-ethyl adjacent to an activating group) is 1. The molecular formula is C32H37N7O2. The molecule has 2 aromatic heterocycles. The van der Waals surface area contributed by atoms with E-state index in [4.69, 9.17) is 26.3 Å². The van der Waals surface area contributed by atoms with E-state index in [1.54, 1.807) is 19.6 Å². The monoisotopic (exact) mass is 551 g/mol. The van der Waals surface area contributed by atoms with Crippen molar-refractivity contribution >= 4 is 33.7 Å². The molecule has 212 valence electrons. The molecule has 9 heteroatoms. The second kappa shape index (κ2) is 12.2. The third kappa shape index (κ3) is 5.65. The number of anilines is 3. The summed E-state index contributed by atoms with van der Waals surface area (Å²) in [5.74, 6) is 3.96. The Hall–Kier alpha value is -4.68. The van der Waals surface area contributed by atoms with Crippen LogP contribution in [0.2, 0.25) is 0 Å². The van der Waals surface area contributed by atoms with Crippen molar-refractivity contribution in [3.8, 4) is 29.7 Å². The van der Waals surface area contributed by atoms with Crippen LogP contribution in [0.4, 0.5) is 17.1 Å². The first kappa shape index (κ1) is 27.9. The summed E-state index contributed by atoms with van der Waals surface area (Å²) in [6.45, 7) is 4.46. The molecule has 0 saturated heterocycles. The Kier molecular flexibility index (Phi) is 8.31. The van der Waals surface area contributed by atoms with Crippen molar-refractivity contribution in [2.24, 2.45) is 4.99 Å². The normalized spacial score (nSPS) is 14.0. The van der Waals surface area contributed by atoms with Crippen LogP contribution in [0.25, 0.3) is 22.5 Å². The zero-order valence-corrected chi connectivity index (χ0v) is 24.1. The van der Waals surface area contributed by atoms with Crippen LogP contribution in [-0.4, -0.2) is 60.6 Å². The molecule has 41 heavy (non-hydrogen) atoms. The summed E-state index contributed by atoms with van der Waals surface area (Å²) >= 11 is 0. The van der Waals surface area contributed by atoms with Crippen LogP contribution in [-0.2, 0) is 13.0 Å². The Bertz CT molecular complexity index is 1620. The van der Waals surface area contributed by atoms with Gasteiger partial charge in [0, 0.05) is 36.7 Å². The molecule has 4 N–H and O–H groups in total. The van der Waals surface area contributed by atoms with Crippen LogP contribution in [0, 0.1) is 12.3 Å². The standard InChI is InChI=1S/C32H37N7O2/c1-6-10-24(29-22-13-8-11-21-12-9-16-39(30(21)22)31(29)32-35-15-18-41-32)36-28(7-2)37-26-19-23(33)25(20-27(26)40-5)34-14-17-38(3)4/h2,6,8,10-11,13,15,18-20,28,34,37H,9,12,14,16-17,33H2,1,3-5H3/b10-6-,36-24+. The van der Waals surface area contributed by atoms with Gasteiger partial charge in [-0.25, -0.2) is 9.98 Å². The van der Waals surface area contributed by atoms with Crippen LogP contribution >= 0.6 is 0 Å². The number of aromatic nitrogens is 2. The fraction of sp³-hybridized carbons (Fsp3) is 0.312. The number of ether oxygens (including phenoxy) is 1. The van der Waals surface area contributed by atoms with Crippen molar-refractivity contribution in [3.63, 3.8) is 0 Å². The zero-order chi connectivity index (χ0) is 28.9. The number of hydrogen-bond donors (Lipinski definition) is 3. The quantitative estimate of drug-likeness (QED) is 0.133. The number of hydrogen-bond acceptors (Lipinski definition) is 8. The number of nitrogen functional groups attached to an aromatic ring is 1. The third-order valence-electron chi connectivity index (χ3n) is 7.17. The van der Waals surface area contributed by atoms with E-state index in [2.05, 4.69) is 49.2 Å². The summed E-state index contributed by atoms with van der Waals surface area (Å²) in [4.78, 5) is 11.7. The molecule has 3 heterocycles. The summed E-state index contributed by atoms with van der Waals surface area (Å²) in [5, 5.41) is 7.82. The molecule has 1 unspecified atom stereocenters. The van der Waals surface area contributed by atoms with Crippen LogP contribution in [0.1, 0.15) is 24.5 Å². The van der Waals surface area contributed by atoms with E-state index < -0.39 is 6.17 Å². The van der Waals surface area contributed by atoms with E-state index in [0.29, 0.717) is 23.0 Å². The average molecular weight is 552 g/mol. The maximum absolute atomic E-state index is 6.40. The van der Waals surface area contributed by atoms with Crippen LogP contribution < -0.4 is 21.1 Å².